The summed E-state index contributed by atoms with van der Waals surface area (Å²) in [5.41, 5.74) is 28.7. The van der Waals surface area contributed by atoms with E-state index in [2.05, 4.69) is 403 Å². The Bertz CT molecular complexity index is 9900. The second-order valence-electron chi connectivity index (χ2n) is 36.1. The van der Waals surface area contributed by atoms with E-state index in [9.17, 15) is 0 Å². The molecular weight excluding hydrogens is 1780 g/mol. The van der Waals surface area contributed by atoms with Crippen LogP contribution >= 0.6 is 22.7 Å². The predicted molar refractivity (Wildman–Crippen MR) is 598 cm³/mol. The SMILES string of the molecule is c1ccc(-c2cc(-c3ccccc3)nc(-c3ccc4c(ccc5ccc6sc(-c7ccccc7)nc6c54)c3)n2)cc1.c1ccc(-c2ccc(-c3cc(-c4ccccc4)nc(-c4ccc5c(ccc6ccc7sc(-c8ccccc8)nc7c65)c4)n3)cc2)cc1.c1ccc(-c2nc3c(ccc4ccc5cc(-n6c7ccccc7c7cc(-c8ccc(-n9c%10ccccc%10c%10ccccc%109)cc8)ccc76)ccc5c43)o2)cc1. The first-order valence-corrected chi connectivity index (χ1v) is 49.7. The van der Waals surface area contributed by atoms with Gasteiger partial charge in [0, 0.05) is 99.1 Å². The van der Waals surface area contributed by atoms with Gasteiger partial charge in [-0.2, -0.15) is 0 Å². The molecule has 12 heteroatoms. The average Bonchev–Trinajstić information content (AvgIpc) is 1.63. The van der Waals surface area contributed by atoms with Crippen molar-refractivity contribution in [1.82, 2.24) is 44.0 Å². The molecule has 0 bridgehead atoms. The van der Waals surface area contributed by atoms with Gasteiger partial charge in [0.1, 0.15) is 15.5 Å². The lowest BCUT2D eigenvalue weighted by Gasteiger charge is -2.12. The summed E-state index contributed by atoms with van der Waals surface area (Å²) in [4.78, 5) is 35.6. The lowest BCUT2D eigenvalue weighted by atomic mass is 9.98. The molecule has 0 fully saturated rings. The second kappa shape index (κ2) is 35.4. The van der Waals surface area contributed by atoms with Gasteiger partial charge < -0.3 is 13.6 Å². The van der Waals surface area contributed by atoms with Gasteiger partial charge >= 0.3 is 0 Å². The third kappa shape index (κ3) is 15.3. The van der Waals surface area contributed by atoms with Gasteiger partial charge in [-0.25, -0.2) is 34.9 Å². The minimum Gasteiger partial charge on any atom is -0.436 e. The third-order valence-electron chi connectivity index (χ3n) is 27.6. The number of hydrogen-bond donors (Lipinski definition) is 0. The number of benzene rings is 22. The Morgan fingerprint density at radius 3 is 0.965 bits per heavy atom. The number of oxazole rings is 1. The van der Waals surface area contributed by atoms with Gasteiger partial charge in [-0.3, -0.25) is 0 Å². The Kier molecular flexibility index (Phi) is 20.8. The van der Waals surface area contributed by atoms with Crippen molar-refractivity contribution in [3.63, 3.8) is 0 Å². The highest BCUT2D eigenvalue weighted by Gasteiger charge is 2.23. The monoisotopic (exact) mass is 1860 g/mol. The first-order chi connectivity index (χ1) is 70.8. The topological polar surface area (TPSA) is 113 Å². The highest BCUT2D eigenvalue weighted by Crippen LogP contribution is 2.46. The van der Waals surface area contributed by atoms with Gasteiger partial charge in [-0.05, 0) is 180 Å². The van der Waals surface area contributed by atoms with E-state index >= 15 is 0 Å². The van der Waals surface area contributed by atoms with Gasteiger partial charge in [0.05, 0.1) is 65.3 Å². The van der Waals surface area contributed by atoms with Crippen LogP contribution in [0.1, 0.15) is 0 Å². The number of aromatic nitrogens is 9. The molecule has 0 aliphatic rings. The van der Waals surface area contributed by atoms with Crippen LogP contribution in [0.2, 0.25) is 0 Å². The molecule has 0 amide bonds. The lowest BCUT2D eigenvalue weighted by Crippen LogP contribution is -1.96. The molecular formula is C131H81N9OS2. The Balaban J connectivity index is 0.000000108. The van der Waals surface area contributed by atoms with E-state index < -0.39 is 0 Å². The summed E-state index contributed by atoms with van der Waals surface area (Å²) in [5, 5.41) is 21.1. The molecule has 143 heavy (non-hydrogen) atoms. The fourth-order valence-electron chi connectivity index (χ4n) is 20.6. The van der Waals surface area contributed by atoms with Gasteiger partial charge in [-0.15, -0.1) is 22.7 Å². The fraction of sp³-hybridized carbons (Fsp3) is 0. The van der Waals surface area contributed by atoms with Crippen LogP contribution in [0, 0.1) is 0 Å². The zero-order valence-corrected chi connectivity index (χ0v) is 78.6. The van der Waals surface area contributed by atoms with Crippen molar-refractivity contribution < 1.29 is 4.42 Å². The van der Waals surface area contributed by atoms with Crippen LogP contribution in [-0.4, -0.2) is 44.0 Å². The van der Waals surface area contributed by atoms with Crippen LogP contribution in [0.5, 0.6) is 0 Å². The molecule has 0 radical (unpaired) electrons. The molecule has 7 aromatic heterocycles. The zero-order valence-electron chi connectivity index (χ0n) is 77.0. The summed E-state index contributed by atoms with van der Waals surface area (Å²) in [6.07, 6.45) is 0. The maximum Gasteiger partial charge on any atom is 0.227 e. The number of thiazole rings is 2. The van der Waals surface area contributed by atoms with Crippen molar-refractivity contribution >= 4 is 162 Å². The number of fused-ring (bicyclic) bond motifs is 21. The summed E-state index contributed by atoms with van der Waals surface area (Å²) in [5.74, 6) is 2.06. The largest absolute Gasteiger partial charge is 0.436 e. The summed E-state index contributed by atoms with van der Waals surface area (Å²) in [7, 11) is 0. The molecule has 29 rings (SSSR count). The molecule has 0 saturated heterocycles. The van der Waals surface area contributed by atoms with Crippen molar-refractivity contribution in [1.29, 1.82) is 0 Å². The highest BCUT2D eigenvalue weighted by atomic mass is 32.1. The fourth-order valence-corrected chi connectivity index (χ4v) is 22.6. The van der Waals surface area contributed by atoms with Gasteiger partial charge in [0.25, 0.3) is 0 Å². The minimum absolute atomic E-state index is 0.639. The molecule has 29 aromatic rings. The van der Waals surface area contributed by atoms with E-state index in [0.29, 0.717) is 17.5 Å². The molecule has 0 saturated carbocycles. The van der Waals surface area contributed by atoms with Crippen molar-refractivity contribution in [2.75, 3.05) is 0 Å². The van der Waals surface area contributed by atoms with Gasteiger partial charge in [0.2, 0.25) is 5.89 Å². The Hall–Kier alpha value is -18.6. The first-order valence-electron chi connectivity index (χ1n) is 48.0. The van der Waals surface area contributed by atoms with Crippen LogP contribution in [0.25, 0.3) is 274 Å². The number of para-hydroxylation sites is 3. The van der Waals surface area contributed by atoms with E-state index in [-0.39, 0.29) is 0 Å². The molecule has 0 aliphatic carbocycles. The Labute approximate surface area is 830 Å². The molecule has 668 valence electrons. The molecule has 0 aliphatic heterocycles. The van der Waals surface area contributed by atoms with Crippen molar-refractivity contribution in [3.8, 4) is 134 Å². The van der Waals surface area contributed by atoms with E-state index in [0.717, 1.165) is 149 Å². The van der Waals surface area contributed by atoms with Crippen molar-refractivity contribution in [3.05, 3.63) is 491 Å². The van der Waals surface area contributed by atoms with E-state index in [4.69, 9.17) is 39.3 Å². The summed E-state index contributed by atoms with van der Waals surface area (Å²) in [6.45, 7) is 0. The quantitative estimate of drug-likeness (QED) is 0.105. The summed E-state index contributed by atoms with van der Waals surface area (Å²) in [6, 6.07) is 173. The molecule has 0 atom stereocenters. The highest BCUT2D eigenvalue weighted by molar-refractivity contribution is 7.22. The minimum atomic E-state index is 0.639. The first kappa shape index (κ1) is 83.8. The number of rotatable bonds is 13. The number of hydrogen-bond acceptors (Lipinski definition) is 10. The van der Waals surface area contributed by atoms with Gasteiger partial charge in [-0.1, -0.05) is 382 Å². The Morgan fingerprint density at radius 1 is 0.182 bits per heavy atom. The molecule has 10 nitrogen and oxygen atoms in total. The normalized spacial score (nSPS) is 11.6. The zero-order chi connectivity index (χ0) is 94.4. The van der Waals surface area contributed by atoms with Gasteiger partial charge in [0.15, 0.2) is 17.2 Å². The summed E-state index contributed by atoms with van der Waals surface area (Å²) < 4.78 is 13.4. The summed E-state index contributed by atoms with van der Waals surface area (Å²) >= 11 is 3.48. The van der Waals surface area contributed by atoms with E-state index in [1.165, 1.54) is 108 Å². The van der Waals surface area contributed by atoms with Crippen LogP contribution in [0.4, 0.5) is 0 Å². The molecule has 0 spiro atoms. The van der Waals surface area contributed by atoms with Crippen LogP contribution in [-0.2, 0) is 0 Å². The standard InChI is InChI=1S/C51H31N3O.C43H27N3S.C37H23N3S/c1-2-10-34(11-3-1)51-52-50-48(55-51)29-23-33-18-19-36-30-38(26-27-39(36)49(33)50)54-46-17-9-6-14-42(46)43-31-35(22-28-47(43)54)32-20-24-37(25-21-32)53-44-15-7-4-12-40(44)41-13-5-8-16-45(41)53;1-4-10-28(11-5-1)29-16-18-31(19-17-29)38-27-37(30-12-6-2-7-13-30)44-42(45-38)35-22-24-36-34(26-35)21-20-32-23-25-39-41(40(32)36)46-43(47-39)33-14-8-3-9-15-33;1-4-10-24(11-5-1)31-23-32(25-12-6-2-7-13-25)39-36(38-31)29-18-20-30-28(22-29)17-16-26-19-21-33-35(34(26)30)40-37(41-33)27-14-8-3-9-15-27/h1-31H;1-27H;1-23H. The second-order valence-corrected chi connectivity index (χ2v) is 38.2. The van der Waals surface area contributed by atoms with E-state index in [1.807, 2.05) is 97.1 Å². The lowest BCUT2D eigenvalue weighted by molar-refractivity contribution is 0.620. The number of nitrogens with zero attached hydrogens (tertiary/aromatic N) is 9. The molecule has 7 heterocycles. The maximum absolute atomic E-state index is 6.27. The van der Waals surface area contributed by atoms with Crippen LogP contribution < -0.4 is 0 Å². The third-order valence-corrected chi connectivity index (χ3v) is 29.7. The maximum atomic E-state index is 6.27. The predicted octanol–water partition coefficient (Wildman–Crippen LogP) is 35.5. The van der Waals surface area contributed by atoms with Crippen LogP contribution in [0.3, 0.4) is 0 Å². The molecule has 22 aromatic carbocycles. The smallest absolute Gasteiger partial charge is 0.227 e. The van der Waals surface area contributed by atoms with Crippen LogP contribution in [0.15, 0.2) is 496 Å². The average molecular weight is 1860 g/mol. The van der Waals surface area contributed by atoms with E-state index in [1.54, 1.807) is 22.7 Å². The molecule has 0 unspecified atom stereocenters. The molecule has 0 N–H and O–H groups in total. The van der Waals surface area contributed by atoms with Crippen molar-refractivity contribution in [2.24, 2.45) is 0 Å². The Morgan fingerprint density at radius 2 is 0.497 bits per heavy atom. The van der Waals surface area contributed by atoms with Crippen molar-refractivity contribution in [2.45, 2.75) is 0 Å².